The van der Waals surface area contributed by atoms with Crippen LogP contribution in [0.3, 0.4) is 0 Å². The smallest absolute Gasteiger partial charge is 0.338 e. The van der Waals surface area contributed by atoms with Gasteiger partial charge in [0.05, 0.1) is 22.9 Å². The maximum absolute atomic E-state index is 13.6. The summed E-state index contributed by atoms with van der Waals surface area (Å²) in [5.74, 6) is -0.781. The second kappa shape index (κ2) is 8.23. The van der Waals surface area contributed by atoms with Gasteiger partial charge in [-0.05, 0) is 48.0 Å². The number of halogens is 6. The van der Waals surface area contributed by atoms with Gasteiger partial charge in [0, 0.05) is 17.8 Å². The van der Waals surface area contributed by atoms with Crippen molar-refractivity contribution in [1.29, 1.82) is 0 Å². The van der Waals surface area contributed by atoms with Gasteiger partial charge in [-0.1, -0.05) is 12.1 Å². The maximum atomic E-state index is 13.6. The summed E-state index contributed by atoms with van der Waals surface area (Å²) in [6.45, 7) is 0. The fourth-order valence-electron chi connectivity index (χ4n) is 3.35. The first-order chi connectivity index (χ1) is 15.5. The van der Waals surface area contributed by atoms with Crippen LogP contribution in [0, 0.1) is 0 Å². The zero-order chi connectivity index (χ0) is 23.8. The molecule has 1 atom stereocenters. The summed E-state index contributed by atoms with van der Waals surface area (Å²) in [4.78, 5) is 23.5. The van der Waals surface area contributed by atoms with Crippen LogP contribution in [0.2, 0.25) is 0 Å². The van der Waals surface area contributed by atoms with Gasteiger partial charge in [-0.15, -0.1) is 0 Å². The molecule has 4 aromatic rings. The Kier molecular flexibility index (Phi) is 5.56. The SMILES string of the molecule is O=C(N[C@@H](c1ccc(C(F)(F)F)cc1)c1ncccc1C(F)(F)F)c1cc2cccnc2[nH]1. The van der Waals surface area contributed by atoms with Crippen LogP contribution in [-0.2, 0) is 12.4 Å². The molecule has 0 saturated heterocycles. The van der Waals surface area contributed by atoms with Crippen molar-refractivity contribution < 1.29 is 31.1 Å². The molecule has 0 fully saturated rings. The largest absolute Gasteiger partial charge is 0.418 e. The molecule has 0 saturated carbocycles. The van der Waals surface area contributed by atoms with Gasteiger partial charge in [0.25, 0.3) is 5.91 Å². The molecule has 4 rings (SSSR count). The van der Waals surface area contributed by atoms with Crippen molar-refractivity contribution >= 4 is 16.9 Å². The first kappa shape index (κ1) is 22.3. The third-order valence-electron chi connectivity index (χ3n) is 4.90. The van der Waals surface area contributed by atoms with Crippen molar-refractivity contribution in [3.8, 4) is 0 Å². The molecule has 0 unspecified atom stereocenters. The molecule has 0 aliphatic heterocycles. The van der Waals surface area contributed by atoms with Gasteiger partial charge in [-0.3, -0.25) is 9.78 Å². The minimum atomic E-state index is -4.80. The van der Waals surface area contributed by atoms with Gasteiger partial charge < -0.3 is 10.3 Å². The van der Waals surface area contributed by atoms with E-state index in [2.05, 4.69) is 20.3 Å². The van der Waals surface area contributed by atoms with Crippen molar-refractivity contribution in [1.82, 2.24) is 20.3 Å². The summed E-state index contributed by atoms with van der Waals surface area (Å²) in [7, 11) is 0. The van der Waals surface area contributed by atoms with E-state index in [1.807, 2.05) is 0 Å². The number of nitrogens with one attached hydrogen (secondary N) is 2. The van der Waals surface area contributed by atoms with Crippen LogP contribution >= 0.6 is 0 Å². The fraction of sp³-hybridized carbons (Fsp3) is 0.136. The lowest BCUT2D eigenvalue weighted by molar-refractivity contribution is -0.139. The Morgan fingerprint density at radius 3 is 2.18 bits per heavy atom. The van der Waals surface area contributed by atoms with Crippen LogP contribution in [0.25, 0.3) is 11.0 Å². The average Bonchev–Trinajstić information content (AvgIpc) is 3.21. The number of pyridine rings is 2. The Balaban J connectivity index is 1.77. The molecule has 5 nitrogen and oxygen atoms in total. The number of fused-ring (bicyclic) bond motifs is 1. The fourth-order valence-corrected chi connectivity index (χ4v) is 3.35. The number of alkyl halides is 6. The molecule has 33 heavy (non-hydrogen) atoms. The second-order valence-corrected chi connectivity index (χ2v) is 7.08. The number of hydrogen-bond acceptors (Lipinski definition) is 3. The molecule has 170 valence electrons. The first-order valence-corrected chi connectivity index (χ1v) is 9.48. The lowest BCUT2D eigenvalue weighted by Crippen LogP contribution is -2.32. The first-order valence-electron chi connectivity index (χ1n) is 9.48. The number of aromatic nitrogens is 3. The monoisotopic (exact) mass is 464 g/mol. The van der Waals surface area contributed by atoms with Crippen molar-refractivity contribution in [2.75, 3.05) is 0 Å². The maximum Gasteiger partial charge on any atom is 0.418 e. The van der Waals surface area contributed by atoms with Crippen LogP contribution in [0.4, 0.5) is 26.3 Å². The van der Waals surface area contributed by atoms with Crippen LogP contribution < -0.4 is 5.32 Å². The number of H-pyrrole nitrogens is 1. The Hall–Kier alpha value is -3.89. The van der Waals surface area contributed by atoms with E-state index in [9.17, 15) is 31.1 Å². The van der Waals surface area contributed by atoms with Gasteiger partial charge in [0.15, 0.2) is 0 Å². The zero-order valence-electron chi connectivity index (χ0n) is 16.5. The normalized spacial score (nSPS) is 13.2. The quantitative estimate of drug-likeness (QED) is 0.391. The molecule has 0 bridgehead atoms. The summed E-state index contributed by atoms with van der Waals surface area (Å²) in [6.07, 6.45) is -6.82. The highest BCUT2D eigenvalue weighted by atomic mass is 19.4. The molecule has 3 heterocycles. The summed E-state index contributed by atoms with van der Waals surface area (Å²) < 4.78 is 79.8. The number of carbonyl (C=O) groups excluding carboxylic acids is 1. The molecule has 2 N–H and O–H groups in total. The van der Waals surface area contributed by atoms with Gasteiger partial charge >= 0.3 is 12.4 Å². The number of aromatic amines is 1. The summed E-state index contributed by atoms with van der Waals surface area (Å²) in [6, 6.07) is 8.68. The topological polar surface area (TPSA) is 70.7 Å². The summed E-state index contributed by atoms with van der Waals surface area (Å²) >= 11 is 0. The molecule has 0 spiro atoms. The lowest BCUT2D eigenvalue weighted by Gasteiger charge is -2.22. The highest BCUT2D eigenvalue weighted by molar-refractivity contribution is 5.97. The third-order valence-corrected chi connectivity index (χ3v) is 4.90. The standard InChI is InChI=1S/C22H14F6N4O/c23-21(24,25)14-7-5-12(6-8-14)17(18-15(22(26,27)28)4-2-9-29-18)32-20(33)16-11-13-3-1-10-30-19(13)31-16/h1-11,17H,(H,30,31)(H,32,33)/t17-/m0/s1. The Morgan fingerprint density at radius 2 is 1.55 bits per heavy atom. The third kappa shape index (κ3) is 4.66. The van der Waals surface area contributed by atoms with E-state index in [1.54, 1.807) is 12.1 Å². The summed E-state index contributed by atoms with van der Waals surface area (Å²) in [5.41, 5.74) is -2.24. The van der Waals surface area contributed by atoms with Gasteiger partial charge in [0.1, 0.15) is 11.3 Å². The van der Waals surface area contributed by atoms with Crippen molar-refractivity contribution in [3.63, 3.8) is 0 Å². The number of amides is 1. The van der Waals surface area contributed by atoms with Crippen LogP contribution in [-0.4, -0.2) is 20.9 Å². The minimum Gasteiger partial charge on any atom is -0.338 e. The molecule has 11 heteroatoms. The zero-order valence-corrected chi connectivity index (χ0v) is 16.5. The number of nitrogens with zero attached hydrogens (tertiary/aromatic N) is 2. The molecular formula is C22H14F6N4O. The van der Waals surface area contributed by atoms with Crippen LogP contribution in [0.1, 0.15) is 38.9 Å². The average molecular weight is 464 g/mol. The van der Waals surface area contributed by atoms with E-state index in [-0.39, 0.29) is 11.3 Å². The van der Waals surface area contributed by atoms with Gasteiger partial charge in [-0.25, -0.2) is 4.98 Å². The molecule has 1 amide bonds. The molecule has 0 radical (unpaired) electrons. The molecule has 3 aromatic heterocycles. The van der Waals surface area contributed by atoms with Gasteiger partial charge in [0.2, 0.25) is 0 Å². The van der Waals surface area contributed by atoms with Crippen molar-refractivity contribution in [2.24, 2.45) is 0 Å². The summed E-state index contributed by atoms with van der Waals surface area (Å²) in [5, 5.41) is 3.06. The number of benzene rings is 1. The molecule has 0 aliphatic rings. The Bertz CT molecular complexity index is 1260. The molecule has 1 aromatic carbocycles. The van der Waals surface area contributed by atoms with Crippen molar-refractivity contribution in [3.05, 3.63) is 95.1 Å². The highest BCUT2D eigenvalue weighted by Gasteiger charge is 2.37. The van der Waals surface area contributed by atoms with E-state index in [0.29, 0.717) is 11.0 Å². The molecular weight excluding hydrogens is 450 g/mol. The van der Waals surface area contributed by atoms with E-state index >= 15 is 0 Å². The van der Waals surface area contributed by atoms with Crippen molar-refractivity contribution in [2.45, 2.75) is 18.4 Å². The lowest BCUT2D eigenvalue weighted by atomic mass is 9.97. The minimum absolute atomic E-state index is 0.00483. The predicted octanol–water partition coefficient (Wildman–Crippen LogP) is 5.51. The predicted molar refractivity (Wildman–Crippen MR) is 106 cm³/mol. The van der Waals surface area contributed by atoms with E-state index in [0.717, 1.165) is 42.6 Å². The van der Waals surface area contributed by atoms with E-state index in [4.69, 9.17) is 0 Å². The van der Waals surface area contributed by atoms with E-state index < -0.39 is 41.1 Å². The van der Waals surface area contributed by atoms with E-state index in [1.165, 1.54) is 12.3 Å². The van der Waals surface area contributed by atoms with Crippen LogP contribution in [0.15, 0.2) is 67.0 Å². The number of carbonyl (C=O) groups is 1. The molecule has 0 aliphatic carbocycles. The number of rotatable bonds is 4. The van der Waals surface area contributed by atoms with Crippen LogP contribution in [0.5, 0.6) is 0 Å². The second-order valence-electron chi connectivity index (χ2n) is 7.08. The Labute approximate surface area is 182 Å². The highest BCUT2D eigenvalue weighted by Crippen LogP contribution is 2.36. The van der Waals surface area contributed by atoms with Gasteiger partial charge in [-0.2, -0.15) is 26.3 Å². The number of hydrogen-bond donors (Lipinski definition) is 2. The Morgan fingerprint density at radius 1 is 0.879 bits per heavy atom.